The first-order valence-electron chi connectivity index (χ1n) is 7.22. The summed E-state index contributed by atoms with van der Waals surface area (Å²) in [4.78, 5) is 0. The fraction of sp³-hybridized carbons (Fsp3) is 1.00. The third-order valence-corrected chi connectivity index (χ3v) is 6.51. The molecular weight excluding hydrogens is 244 g/mol. The van der Waals surface area contributed by atoms with Crippen LogP contribution in [0.5, 0.6) is 0 Å². The Kier molecular flexibility index (Phi) is 4.32. The SMILES string of the molecule is CN([C@@H]1CCCC12CCNCC2)[S@+]([O-])C(C)(C)C. The van der Waals surface area contributed by atoms with Gasteiger partial charge in [-0.1, -0.05) is 6.42 Å². The Bertz CT molecular complexity index is 284. The minimum absolute atomic E-state index is 0.147. The average molecular weight is 272 g/mol. The van der Waals surface area contributed by atoms with Crippen LogP contribution in [0.2, 0.25) is 0 Å². The molecule has 1 N–H and O–H groups in total. The number of nitrogens with one attached hydrogen (secondary N) is 1. The summed E-state index contributed by atoms with van der Waals surface area (Å²) in [6.07, 6.45) is 6.35. The first kappa shape index (κ1) is 14.6. The fourth-order valence-corrected chi connectivity index (χ4v) is 5.17. The van der Waals surface area contributed by atoms with E-state index in [-0.39, 0.29) is 4.75 Å². The summed E-state index contributed by atoms with van der Waals surface area (Å²) >= 11 is -0.887. The molecule has 1 saturated heterocycles. The molecule has 106 valence electrons. The third kappa shape index (κ3) is 2.72. The number of hydrogen-bond donors (Lipinski definition) is 1. The predicted octanol–water partition coefficient (Wildman–Crippen LogP) is 2.30. The number of nitrogens with zero attached hydrogens (tertiary/aromatic N) is 1. The molecule has 0 bridgehead atoms. The lowest BCUT2D eigenvalue weighted by molar-refractivity contribution is 0.122. The first-order chi connectivity index (χ1) is 8.37. The van der Waals surface area contributed by atoms with Crippen molar-refractivity contribution in [2.24, 2.45) is 5.41 Å². The second kappa shape index (κ2) is 5.31. The van der Waals surface area contributed by atoms with E-state index in [1.54, 1.807) is 0 Å². The minimum Gasteiger partial charge on any atom is -0.597 e. The Morgan fingerprint density at radius 1 is 1.22 bits per heavy atom. The summed E-state index contributed by atoms with van der Waals surface area (Å²) < 4.78 is 14.6. The second-order valence-corrected chi connectivity index (χ2v) is 9.23. The molecule has 0 unspecified atom stereocenters. The van der Waals surface area contributed by atoms with Gasteiger partial charge in [-0.15, -0.1) is 4.31 Å². The van der Waals surface area contributed by atoms with Gasteiger partial charge in [0.2, 0.25) is 0 Å². The second-order valence-electron chi connectivity index (χ2n) is 6.93. The van der Waals surface area contributed by atoms with E-state index >= 15 is 0 Å². The van der Waals surface area contributed by atoms with Gasteiger partial charge in [-0.25, -0.2) is 0 Å². The molecule has 0 amide bonds. The van der Waals surface area contributed by atoms with Crippen molar-refractivity contribution in [1.82, 2.24) is 9.62 Å². The van der Waals surface area contributed by atoms with E-state index in [1.165, 1.54) is 32.1 Å². The van der Waals surface area contributed by atoms with Crippen LogP contribution < -0.4 is 5.32 Å². The van der Waals surface area contributed by atoms with Crippen molar-refractivity contribution in [3.05, 3.63) is 0 Å². The van der Waals surface area contributed by atoms with E-state index in [1.807, 2.05) is 0 Å². The van der Waals surface area contributed by atoms with Gasteiger partial charge in [0, 0.05) is 18.4 Å². The molecule has 2 aliphatic rings. The van der Waals surface area contributed by atoms with Gasteiger partial charge in [0.05, 0.1) is 6.04 Å². The zero-order valence-corrected chi connectivity index (χ0v) is 13.1. The monoisotopic (exact) mass is 272 g/mol. The third-order valence-electron chi connectivity index (χ3n) is 4.68. The molecule has 1 heterocycles. The van der Waals surface area contributed by atoms with Gasteiger partial charge >= 0.3 is 0 Å². The Morgan fingerprint density at radius 2 is 1.83 bits per heavy atom. The molecular formula is C14H28N2OS. The number of rotatable bonds is 2. The van der Waals surface area contributed by atoms with Crippen LogP contribution in [0.1, 0.15) is 52.9 Å². The van der Waals surface area contributed by atoms with E-state index in [0.29, 0.717) is 11.5 Å². The van der Waals surface area contributed by atoms with Crippen molar-refractivity contribution in [1.29, 1.82) is 0 Å². The average Bonchev–Trinajstić information content (AvgIpc) is 2.70. The molecule has 4 heteroatoms. The number of piperidine rings is 1. The molecule has 0 radical (unpaired) electrons. The molecule has 1 aliphatic heterocycles. The predicted molar refractivity (Wildman–Crippen MR) is 77.8 cm³/mol. The maximum absolute atomic E-state index is 12.6. The molecule has 2 atom stereocenters. The van der Waals surface area contributed by atoms with Crippen molar-refractivity contribution in [3.63, 3.8) is 0 Å². The minimum atomic E-state index is -0.887. The van der Waals surface area contributed by atoms with Crippen molar-refractivity contribution < 1.29 is 4.55 Å². The van der Waals surface area contributed by atoms with Crippen LogP contribution in [-0.2, 0) is 11.4 Å². The van der Waals surface area contributed by atoms with E-state index < -0.39 is 11.4 Å². The van der Waals surface area contributed by atoms with Gasteiger partial charge in [0.1, 0.15) is 4.75 Å². The van der Waals surface area contributed by atoms with Crippen LogP contribution in [0.3, 0.4) is 0 Å². The molecule has 1 aliphatic carbocycles. The van der Waals surface area contributed by atoms with Crippen LogP contribution >= 0.6 is 0 Å². The van der Waals surface area contributed by atoms with Gasteiger partial charge in [0.25, 0.3) is 0 Å². The van der Waals surface area contributed by atoms with Crippen molar-refractivity contribution in [2.45, 2.75) is 63.7 Å². The lowest BCUT2D eigenvalue weighted by Gasteiger charge is -2.44. The molecule has 18 heavy (non-hydrogen) atoms. The van der Waals surface area contributed by atoms with Gasteiger partial charge in [0.15, 0.2) is 0 Å². The standard InChI is InChI=1S/C14H28N2OS/c1-13(2,3)18(17)16(4)12-6-5-7-14(12)8-10-15-11-9-14/h12,15H,5-11H2,1-4H3/t12-,18-/m1/s1. The summed E-state index contributed by atoms with van der Waals surface area (Å²) in [6.45, 7) is 8.48. The highest BCUT2D eigenvalue weighted by Gasteiger charge is 2.49. The highest BCUT2D eigenvalue weighted by atomic mass is 32.2. The lowest BCUT2D eigenvalue weighted by Crippen LogP contribution is -2.53. The highest BCUT2D eigenvalue weighted by Crippen LogP contribution is 2.48. The van der Waals surface area contributed by atoms with Crippen molar-refractivity contribution in [2.75, 3.05) is 20.1 Å². The molecule has 2 rings (SSSR count). The normalized spacial score (nSPS) is 30.0. The zero-order chi connectivity index (χ0) is 13.4. The smallest absolute Gasteiger partial charge is 0.137 e. The highest BCUT2D eigenvalue weighted by molar-refractivity contribution is 7.90. The topological polar surface area (TPSA) is 38.3 Å². The maximum Gasteiger partial charge on any atom is 0.137 e. The summed E-state index contributed by atoms with van der Waals surface area (Å²) in [7, 11) is 2.07. The van der Waals surface area contributed by atoms with Crippen LogP contribution in [0.4, 0.5) is 0 Å². The maximum atomic E-state index is 12.6. The van der Waals surface area contributed by atoms with Crippen LogP contribution in [0.15, 0.2) is 0 Å². The number of hydrogen-bond acceptors (Lipinski definition) is 3. The lowest BCUT2D eigenvalue weighted by atomic mass is 9.74. The Morgan fingerprint density at radius 3 is 2.39 bits per heavy atom. The quantitative estimate of drug-likeness (QED) is 0.784. The summed E-state index contributed by atoms with van der Waals surface area (Å²) in [5, 5.41) is 3.46. The molecule has 0 aromatic rings. The molecule has 1 spiro atoms. The molecule has 0 aromatic carbocycles. The molecule has 1 saturated carbocycles. The summed E-state index contributed by atoms with van der Waals surface area (Å²) in [5.41, 5.74) is 0.431. The van der Waals surface area contributed by atoms with Gasteiger partial charge < -0.3 is 9.87 Å². The van der Waals surface area contributed by atoms with Crippen molar-refractivity contribution >= 4 is 11.4 Å². The Balaban J connectivity index is 2.11. The van der Waals surface area contributed by atoms with E-state index in [0.717, 1.165) is 13.1 Å². The first-order valence-corrected chi connectivity index (χ1v) is 8.33. The van der Waals surface area contributed by atoms with Gasteiger partial charge in [-0.3, -0.25) is 0 Å². The van der Waals surface area contributed by atoms with Crippen LogP contribution in [0.25, 0.3) is 0 Å². The molecule has 3 nitrogen and oxygen atoms in total. The zero-order valence-electron chi connectivity index (χ0n) is 12.3. The van der Waals surface area contributed by atoms with E-state index in [4.69, 9.17) is 0 Å². The molecule has 0 aromatic heterocycles. The van der Waals surface area contributed by atoms with E-state index in [9.17, 15) is 4.55 Å². The van der Waals surface area contributed by atoms with Gasteiger partial charge in [-0.2, -0.15) is 0 Å². The summed E-state index contributed by atoms with van der Waals surface area (Å²) in [5.74, 6) is 0. The van der Waals surface area contributed by atoms with E-state index in [2.05, 4.69) is 37.4 Å². The Labute approximate surface area is 115 Å². The summed E-state index contributed by atoms with van der Waals surface area (Å²) in [6, 6.07) is 0.514. The fourth-order valence-electron chi connectivity index (χ4n) is 3.74. The largest absolute Gasteiger partial charge is 0.597 e. The van der Waals surface area contributed by atoms with Crippen molar-refractivity contribution in [3.8, 4) is 0 Å². The van der Waals surface area contributed by atoms with Crippen LogP contribution in [-0.4, -0.2) is 39.8 Å². The van der Waals surface area contributed by atoms with Crippen LogP contribution in [0, 0.1) is 5.41 Å². The Hall–Kier alpha value is 0.230. The molecule has 2 fully saturated rings. The van der Waals surface area contributed by atoms with Gasteiger partial charge in [-0.05, 0) is 65.0 Å².